The van der Waals surface area contributed by atoms with Crippen molar-refractivity contribution in [1.82, 2.24) is 19.6 Å². The lowest BCUT2D eigenvalue weighted by molar-refractivity contribution is 0.414. The average molecular weight is 331 g/mol. The molecule has 3 aromatic heterocycles. The van der Waals surface area contributed by atoms with Crippen LogP contribution >= 0.6 is 0 Å². The number of hydrogen-bond acceptors (Lipinski definition) is 5. The largest absolute Gasteiger partial charge is 0.497 e. The summed E-state index contributed by atoms with van der Waals surface area (Å²) in [6, 6.07) is 13.6. The molecule has 0 amide bonds. The lowest BCUT2D eigenvalue weighted by Crippen LogP contribution is -1.98. The molecule has 25 heavy (non-hydrogen) atoms. The fraction of sp³-hybridized carbons (Fsp3) is 0.105. The van der Waals surface area contributed by atoms with E-state index in [4.69, 9.17) is 9.72 Å². The third-order valence-corrected chi connectivity index (χ3v) is 4.03. The van der Waals surface area contributed by atoms with Gasteiger partial charge >= 0.3 is 0 Å². The van der Waals surface area contributed by atoms with E-state index in [1.165, 1.54) is 0 Å². The Balaban J connectivity index is 1.85. The zero-order valence-electron chi connectivity index (χ0n) is 14.0. The summed E-state index contributed by atoms with van der Waals surface area (Å²) in [6.07, 6.45) is 5.28. The number of hydrogen-bond donors (Lipinski definition) is 1. The van der Waals surface area contributed by atoms with Crippen molar-refractivity contribution >= 4 is 17.2 Å². The summed E-state index contributed by atoms with van der Waals surface area (Å²) in [6.45, 7) is 2.03. The topological polar surface area (TPSA) is 64.3 Å². The maximum atomic E-state index is 5.28. The second-order valence-corrected chi connectivity index (χ2v) is 5.64. The summed E-state index contributed by atoms with van der Waals surface area (Å²) in [7, 11) is 1.66. The molecule has 1 N–H and O–H groups in total. The second-order valence-electron chi connectivity index (χ2n) is 5.64. The van der Waals surface area contributed by atoms with Crippen LogP contribution in [0.5, 0.6) is 5.75 Å². The first kappa shape index (κ1) is 15.1. The zero-order chi connectivity index (χ0) is 17.2. The van der Waals surface area contributed by atoms with E-state index in [0.29, 0.717) is 0 Å². The van der Waals surface area contributed by atoms with Crippen LogP contribution in [0.15, 0.2) is 61.1 Å². The summed E-state index contributed by atoms with van der Waals surface area (Å²) >= 11 is 0. The van der Waals surface area contributed by atoms with Gasteiger partial charge in [0.05, 0.1) is 7.11 Å². The Morgan fingerprint density at radius 2 is 1.88 bits per heavy atom. The quantitative estimate of drug-likeness (QED) is 0.615. The Bertz CT molecular complexity index is 1030. The van der Waals surface area contributed by atoms with Gasteiger partial charge in [0.15, 0.2) is 11.5 Å². The predicted octanol–water partition coefficient (Wildman–Crippen LogP) is 3.85. The number of aromatic nitrogens is 4. The molecule has 4 rings (SSSR count). The molecule has 0 unspecified atom stereocenters. The Kier molecular flexibility index (Phi) is 3.78. The van der Waals surface area contributed by atoms with Crippen LogP contribution in [0.2, 0.25) is 0 Å². The van der Waals surface area contributed by atoms with Gasteiger partial charge in [-0.3, -0.25) is 4.98 Å². The van der Waals surface area contributed by atoms with Gasteiger partial charge in [-0.1, -0.05) is 0 Å². The summed E-state index contributed by atoms with van der Waals surface area (Å²) in [5.74, 6) is 1.58. The molecule has 0 aliphatic carbocycles. The number of nitrogens with zero attached hydrogens (tertiary/aromatic N) is 4. The van der Waals surface area contributed by atoms with Crippen molar-refractivity contribution in [3.63, 3.8) is 0 Å². The molecule has 0 spiro atoms. The Morgan fingerprint density at radius 3 is 2.64 bits per heavy atom. The number of imidazole rings is 1. The molecule has 0 radical (unpaired) electrons. The minimum Gasteiger partial charge on any atom is -0.497 e. The van der Waals surface area contributed by atoms with Gasteiger partial charge in [-0.2, -0.15) is 5.10 Å². The van der Waals surface area contributed by atoms with E-state index < -0.39 is 0 Å². The van der Waals surface area contributed by atoms with E-state index in [2.05, 4.69) is 15.4 Å². The molecule has 3 heterocycles. The predicted molar refractivity (Wildman–Crippen MR) is 97.2 cm³/mol. The molecule has 0 bridgehead atoms. The number of fused-ring (bicyclic) bond motifs is 1. The number of benzene rings is 1. The fourth-order valence-corrected chi connectivity index (χ4v) is 2.78. The highest BCUT2D eigenvalue weighted by atomic mass is 16.5. The van der Waals surface area contributed by atoms with Crippen LogP contribution in [0.25, 0.3) is 16.9 Å². The van der Waals surface area contributed by atoms with Crippen molar-refractivity contribution in [3.8, 4) is 17.0 Å². The number of pyridine rings is 1. The highest BCUT2D eigenvalue weighted by Crippen LogP contribution is 2.32. The van der Waals surface area contributed by atoms with Crippen molar-refractivity contribution < 1.29 is 4.74 Å². The monoisotopic (exact) mass is 331 g/mol. The molecule has 124 valence electrons. The summed E-state index contributed by atoms with van der Waals surface area (Å²) in [5, 5.41) is 7.88. The number of nitrogens with one attached hydrogen (secondary N) is 1. The van der Waals surface area contributed by atoms with E-state index in [1.54, 1.807) is 25.7 Å². The minimum atomic E-state index is 0.748. The maximum absolute atomic E-state index is 5.28. The molecule has 6 nitrogen and oxygen atoms in total. The summed E-state index contributed by atoms with van der Waals surface area (Å²) < 4.78 is 7.11. The molecule has 0 fully saturated rings. The molecule has 0 aliphatic heterocycles. The normalized spacial score (nSPS) is 10.8. The molecule has 0 atom stereocenters. The van der Waals surface area contributed by atoms with E-state index in [-0.39, 0.29) is 0 Å². The Morgan fingerprint density at radius 1 is 1.04 bits per heavy atom. The van der Waals surface area contributed by atoms with Crippen LogP contribution < -0.4 is 10.1 Å². The van der Waals surface area contributed by atoms with Gasteiger partial charge in [0.2, 0.25) is 0 Å². The SMILES string of the molecule is COc1ccc(Nc2nc3cccnn3c2-c2ccncc2)c(C)c1. The van der Waals surface area contributed by atoms with E-state index in [1.807, 2.05) is 53.9 Å². The highest BCUT2D eigenvalue weighted by molar-refractivity contribution is 5.79. The van der Waals surface area contributed by atoms with Crippen molar-refractivity contribution in [2.75, 3.05) is 12.4 Å². The van der Waals surface area contributed by atoms with Crippen LogP contribution in [-0.4, -0.2) is 26.7 Å². The number of ether oxygens (including phenoxy) is 1. The first-order valence-corrected chi connectivity index (χ1v) is 7.92. The van der Waals surface area contributed by atoms with Crippen LogP contribution in [0.3, 0.4) is 0 Å². The Labute approximate surface area is 145 Å². The average Bonchev–Trinajstić information content (AvgIpc) is 3.02. The highest BCUT2D eigenvalue weighted by Gasteiger charge is 2.16. The van der Waals surface area contributed by atoms with Gasteiger partial charge in [0.1, 0.15) is 11.4 Å². The number of rotatable bonds is 4. The van der Waals surface area contributed by atoms with Crippen LogP contribution in [0, 0.1) is 6.92 Å². The van der Waals surface area contributed by atoms with Gasteiger partial charge in [-0.25, -0.2) is 9.50 Å². The molecule has 6 heteroatoms. The smallest absolute Gasteiger partial charge is 0.159 e. The molecular weight excluding hydrogens is 314 g/mol. The van der Waals surface area contributed by atoms with Crippen molar-refractivity contribution in [2.45, 2.75) is 6.92 Å². The van der Waals surface area contributed by atoms with Gasteiger partial charge in [0.25, 0.3) is 0 Å². The number of methoxy groups -OCH3 is 1. The second kappa shape index (κ2) is 6.24. The van der Waals surface area contributed by atoms with Crippen molar-refractivity contribution in [1.29, 1.82) is 0 Å². The maximum Gasteiger partial charge on any atom is 0.159 e. The first-order chi connectivity index (χ1) is 12.3. The fourth-order valence-electron chi connectivity index (χ4n) is 2.78. The van der Waals surface area contributed by atoms with Gasteiger partial charge in [-0.05, 0) is 55.0 Å². The molecule has 4 aromatic rings. The molecule has 0 saturated carbocycles. The van der Waals surface area contributed by atoms with Crippen LogP contribution in [0.4, 0.5) is 11.5 Å². The Hall–Kier alpha value is -3.41. The van der Waals surface area contributed by atoms with Gasteiger partial charge in [0, 0.05) is 29.8 Å². The zero-order valence-corrected chi connectivity index (χ0v) is 14.0. The van der Waals surface area contributed by atoms with E-state index in [9.17, 15) is 0 Å². The standard InChI is InChI=1S/C19H17N5O/c1-13-12-15(25-2)5-6-16(13)22-19-18(14-7-10-20-11-8-14)24-17(23-19)4-3-9-21-24/h3-12,22H,1-2H3. The third-order valence-electron chi connectivity index (χ3n) is 4.03. The number of anilines is 2. The first-order valence-electron chi connectivity index (χ1n) is 7.92. The van der Waals surface area contributed by atoms with Gasteiger partial charge in [-0.15, -0.1) is 0 Å². The minimum absolute atomic E-state index is 0.748. The summed E-state index contributed by atoms with van der Waals surface area (Å²) in [5.41, 5.74) is 4.72. The van der Waals surface area contributed by atoms with Crippen molar-refractivity contribution in [3.05, 3.63) is 66.6 Å². The molecular formula is C19H17N5O. The molecule has 0 saturated heterocycles. The van der Waals surface area contributed by atoms with Gasteiger partial charge < -0.3 is 10.1 Å². The lowest BCUT2D eigenvalue weighted by Gasteiger charge is -2.11. The summed E-state index contributed by atoms with van der Waals surface area (Å²) in [4.78, 5) is 8.80. The van der Waals surface area contributed by atoms with Crippen LogP contribution in [-0.2, 0) is 0 Å². The van der Waals surface area contributed by atoms with E-state index >= 15 is 0 Å². The third kappa shape index (κ3) is 2.78. The molecule has 1 aromatic carbocycles. The lowest BCUT2D eigenvalue weighted by atomic mass is 10.1. The van der Waals surface area contributed by atoms with Crippen LogP contribution in [0.1, 0.15) is 5.56 Å². The molecule has 0 aliphatic rings. The van der Waals surface area contributed by atoms with Crippen molar-refractivity contribution in [2.24, 2.45) is 0 Å². The number of aryl methyl sites for hydroxylation is 1. The van der Waals surface area contributed by atoms with E-state index in [0.717, 1.165) is 39.7 Å².